The van der Waals surface area contributed by atoms with E-state index in [1.54, 1.807) is 6.07 Å². The van der Waals surface area contributed by atoms with Gasteiger partial charge in [-0.2, -0.15) is 8.42 Å². The summed E-state index contributed by atoms with van der Waals surface area (Å²) in [4.78, 5) is 23.3. The molecular formula is C17H22N2O7S. The monoisotopic (exact) mass is 398 g/mol. The van der Waals surface area contributed by atoms with Gasteiger partial charge in [-0.3, -0.25) is 0 Å². The second kappa shape index (κ2) is 6.45. The summed E-state index contributed by atoms with van der Waals surface area (Å²) in [5.74, 6) is 0.346. The van der Waals surface area contributed by atoms with Gasteiger partial charge in [-0.05, 0) is 42.7 Å². The normalized spacial score (nSPS) is 28.7. The molecule has 0 saturated heterocycles. The van der Waals surface area contributed by atoms with Gasteiger partial charge in [0.1, 0.15) is 11.3 Å². The largest absolute Gasteiger partial charge is 0.499 e. The van der Waals surface area contributed by atoms with Crippen molar-refractivity contribution in [2.24, 2.45) is 16.7 Å². The van der Waals surface area contributed by atoms with Crippen LogP contribution in [0.3, 0.4) is 0 Å². The van der Waals surface area contributed by atoms with Crippen LogP contribution in [0, 0.1) is 26.9 Å². The number of benzene rings is 1. The van der Waals surface area contributed by atoms with Crippen LogP contribution < -0.4 is 0 Å². The standard InChI is InChI=1S/C17H22N2O7S/c1-16(2)12-9-10-17(16,3)14(11-12)25-15(20)18(19(21)22)26-27(23,24)13-7-5-4-6-8-13/h4-8,12,14H,9-11H2,1-3H3. The minimum absolute atomic E-state index is 0.0750. The Morgan fingerprint density at radius 1 is 1.26 bits per heavy atom. The molecule has 0 radical (unpaired) electrons. The van der Waals surface area contributed by atoms with Gasteiger partial charge in [0.05, 0.1) is 4.90 Å². The molecule has 2 saturated carbocycles. The lowest BCUT2D eigenvalue weighted by Crippen LogP contribution is -2.44. The molecule has 2 aliphatic rings. The van der Waals surface area contributed by atoms with Crippen molar-refractivity contribution in [2.45, 2.75) is 51.0 Å². The topological polar surface area (TPSA) is 116 Å². The molecular weight excluding hydrogens is 376 g/mol. The van der Waals surface area contributed by atoms with Crippen molar-refractivity contribution in [1.29, 1.82) is 0 Å². The summed E-state index contributed by atoms with van der Waals surface area (Å²) in [6.07, 6.45) is 0.449. The molecule has 1 aromatic carbocycles. The smallest absolute Gasteiger partial charge is 0.440 e. The fourth-order valence-corrected chi connectivity index (χ4v) is 5.20. The lowest BCUT2D eigenvalue weighted by Gasteiger charge is -2.38. The first-order valence-electron chi connectivity index (χ1n) is 8.64. The highest BCUT2D eigenvalue weighted by molar-refractivity contribution is 7.86. The Labute approximate surface area is 157 Å². The molecule has 0 N–H and O–H groups in total. The van der Waals surface area contributed by atoms with E-state index in [9.17, 15) is 23.3 Å². The number of carbonyl (C=O) groups is 1. The zero-order chi connectivity index (χ0) is 20.0. The van der Waals surface area contributed by atoms with E-state index in [0.717, 1.165) is 12.8 Å². The van der Waals surface area contributed by atoms with Crippen molar-refractivity contribution < 1.29 is 27.3 Å². The third-order valence-electron chi connectivity index (χ3n) is 6.46. The number of hydrogen-bond acceptors (Lipinski definition) is 7. The molecule has 0 heterocycles. The van der Waals surface area contributed by atoms with E-state index in [1.165, 1.54) is 24.3 Å². The summed E-state index contributed by atoms with van der Waals surface area (Å²) >= 11 is 0. The summed E-state index contributed by atoms with van der Waals surface area (Å²) < 4.78 is 34.2. The Kier molecular flexibility index (Phi) is 4.67. The number of nitrogens with zero attached hydrogens (tertiary/aromatic N) is 2. The first kappa shape index (κ1) is 19.6. The Morgan fingerprint density at radius 2 is 1.89 bits per heavy atom. The molecule has 0 spiro atoms. The van der Waals surface area contributed by atoms with Gasteiger partial charge in [0.15, 0.2) is 5.03 Å². The third kappa shape index (κ3) is 3.16. The highest BCUT2D eigenvalue weighted by Crippen LogP contribution is 2.66. The van der Waals surface area contributed by atoms with Gasteiger partial charge >= 0.3 is 16.2 Å². The van der Waals surface area contributed by atoms with E-state index in [2.05, 4.69) is 18.1 Å². The van der Waals surface area contributed by atoms with Crippen LogP contribution in [0.15, 0.2) is 35.2 Å². The first-order valence-corrected chi connectivity index (χ1v) is 10.0. The molecule has 2 bridgehead atoms. The Hall–Kier alpha value is -2.20. The van der Waals surface area contributed by atoms with Crippen LogP contribution in [0.25, 0.3) is 0 Å². The molecule has 27 heavy (non-hydrogen) atoms. The van der Waals surface area contributed by atoms with Crippen LogP contribution in [0.4, 0.5) is 4.79 Å². The van der Waals surface area contributed by atoms with Crippen molar-refractivity contribution in [3.8, 4) is 0 Å². The predicted molar refractivity (Wildman–Crippen MR) is 93.0 cm³/mol. The van der Waals surface area contributed by atoms with Gasteiger partial charge in [0, 0.05) is 5.41 Å². The summed E-state index contributed by atoms with van der Waals surface area (Å²) in [6.45, 7) is 6.19. The Balaban J connectivity index is 1.77. The van der Waals surface area contributed by atoms with Crippen molar-refractivity contribution in [1.82, 2.24) is 5.17 Å². The number of rotatable bonds is 5. The number of amides is 1. The second-order valence-corrected chi connectivity index (χ2v) is 9.36. The van der Waals surface area contributed by atoms with Gasteiger partial charge in [-0.25, -0.2) is 14.9 Å². The number of ether oxygens (including phenoxy) is 1. The maximum absolute atomic E-state index is 12.4. The number of nitro groups is 1. The number of hydroxylamine groups is 1. The number of carbonyl (C=O) groups excluding carboxylic acids is 1. The van der Waals surface area contributed by atoms with Gasteiger partial charge < -0.3 is 4.74 Å². The lowest BCUT2D eigenvalue weighted by atomic mass is 9.70. The molecule has 1 aromatic rings. The van der Waals surface area contributed by atoms with Gasteiger partial charge in [0.25, 0.3) is 0 Å². The molecule has 148 valence electrons. The van der Waals surface area contributed by atoms with E-state index in [4.69, 9.17) is 4.74 Å². The van der Waals surface area contributed by atoms with Gasteiger partial charge in [-0.1, -0.05) is 43.3 Å². The number of hydrogen-bond donors (Lipinski definition) is 0. The van der Waals surface area contributed by atoms with Crippen molar-refractivity contribution in [3.63, 3.8) is 0 Å². The van der Waals surface area contributed by atoms with Crippen molar-refractivity contribution in [3.05, 3.63) is 40.4 Å². The number of fused-ring (bicyclic) bond motifs is 2. The van der Waals surface area contributed by atoms with Crippen molar-refractivity contribution >= 4 is 16.2 Å². The van der Waals surface area contributed by atoms with E-state index in [1.807, 2.05) is 6.92 Å². The van der Waals surface area contributed by atoms with Crippen LogP contribution in [0.1, 0.15) is 40.0 Å². The van der Waals surface area contributed by atoms with E-state index in [-0.39, 0.29) is 15.7 Å². The summed E-state index contributed by atoms with van der Waals surface area (Å²) in [6, 6.07) is 6.86. The van der Waals surface area contributed by atoms with E-state index in [0.29, 0.717) is 12.3 Å². The summed E-state index contributed by atoms with van der Waals surface area (Å²) in [7, 11) is -4.55. The zero-order valence-electron chi connectivity index (χ0n) is 15.3. The maximum Gasteiger partial charge on any atom is 0.499 e. The minimum atomic E-state index is -4.55. The summed E-state index contributed by atoms with van der Waals surface area (Å²) in [5, 5.41) is 9.53. The van der Waals surface area contributed by atoms with E-state index >= 15 is 0 Å². The molecule has 0 aliphatic heterocycles. The Morgan fingerprint density at radius 3 is 2.37 bits per heavy atom. The molecule has 3 unspecified atom stereocenters. The molecule has 9 nitrogen and oxygen atoms in total. The maximum atomic E-state index is 12.4. The highest BCUT2D eigenvalue weighted by atomic mass is 32.2. The molecule has 1 amide bonds. The van der Waals surface area contributed by atoms with Crippen LogP contribution in [-0.4, -0.2) is 30.8 Å². The highest BCUT2D eigenvalue weighted by Gasteiger charge is 2.63. The molecule has 10 heteroatoms. The van der Waals surface area contributed by atoms with Gasteiger partial charge in [-0.15, -0.1) is 0 Å². The quantitative estimate of drug-likeness (QED) is 0.552. The van der Waals surface area contributed by atoms with Crippen LogP contribution in [0.2, 0.25) is 0 Å². The second-order valence-electron chi connectivity index (χ2n) is 7.84. The fraction of sp³-hybridized carbons (Fsp3) is 0.588. The summed E-state index contributed by atoms with van der Waals surface area (Å²) in [5.41, 5.74) is -0.401. The zero-order valence-corrected chi connectivity index (χ0v) is 16.1. The van der Waals surface area contributed by atoms with Gasteiger partial charge in [0.2, 0.25) is 0 Å². The minimum Gasteiger partial charge on any atom is -0.440 e. The van der Waals surface area contributed by atoms with Crippen LogP contribution in [-0.2, 0) is 19.1 Å². The van der Waals surface area contributed by atoms with Crippen molar-refractivity contribution in [2.75, 3.05) is 0 Å². The fourth-order valence-electron chi connectivity index (χ4n) is 4.32. The average molecular weight is 398 g/mol. The molecule has 3 rings (SSSR count). The predicted octanol–water partition coefficient (Wildman–Crippen LogP) is 3.15. The van der Waals surface area contributed by atoms with Crippen LogP contribution >= 0.6 is 0 Å². The molecule has 2 aliphatic carbocycles. The molecule has 3 atom stereocenters. The first-order chi connectivity index (χ1) is 12.5. The SMILES string of the molecule is CC1(C)C2CCC1(C)C(OC(=O)N(OS(=O)(=O)c1ccccc1)[N+](=O)[O-])C2. The number of hydrazine groups is 1. The van der Waals surface area contributed by atoms with E-state index < -0.39 is 32.5 Å². The Bertz CT molecular complexity index is 855. The molecule has 0 aromatic heterocycles. The van der Waals surface area contributed by atoms with Crippen LogP contribution in [0.5, 0.6) is 0 Å². The lowest BCUT2D eigenvalue weighted by molar-refractivity contribution is -0.695. The third-order valence-corrected chi connectivity index (χ3v) is 7.65. The molecule has 2 fully saturated rings. The average Bonchev–Trinajstić information content (AvgIpc) is 2.93.